The molecule has 0 aliphatic carbocycles. The highest BCUT2D eigenvalue weighted by Crippen LogP contribution is 2.22. The molecule has 0 aliphatic rings. The number of aromatic nitrogens is 1. The van der Waals surface area contributed by atoms with Gasteiger partial charge in [0.05, 0.1) is 5.01 Å². The van der Waals surface area contributed by atoms with E-state index in [9.17, 15) is 4.79 Å². The summed E-state index contributed by atoms with van der Waals surface area (Å²) < 4.78 is 0. The van der Waals surface area contributed by atoms with Crippen molar-refractivity contribution in [2.45, 2.75) is 26.2 Å². The van der Waals surface area contributed by atoms with E-state index in [4.69, 9.17) is 5.73 Å². The Morgan fingerprint density at radius 3 is 2.92 bits per heavy atom. The number of nitrogens with zero attached hydrogens (tertiary/aromatic N) is 1. The molecule has 1 aromatic heterocycles. The maximum absolute atomic E-state index is 10.7. The van der Waals surface area contributed by atoms with Crippen LogP contribution < -0.4 is 5.73 Å². The third kappa shape index (κ3) is 1.82. The van der Waals surface area contributed by atoms with Crippen LogP contribution in [0.15, 0.2) is 5.38 Å². The molecule has 66 valence electrons. The summed E-state index contributed by atoms with van der Waals surface area (Å²) in [5.41, 5.74) is 5.46. The van der Waals surface area contributed by atoms with Gasteiger partial charge in [0, 0.05) is 11.3 Å². The fourth-order valence-corrected chi connectivity index (χ4v) is 1.75. The first kappa shape index (κ1) is 9.19. The first-order valence-corrected chi connectivity index (χ1v) is 4.78. The van der Waals surface area contributed by atoms with E-state index in [1.165, 1.54) is 11.3 Å². The molecule has 0 bridgehead atoms. The summed E-state index contributed by atoms with van der Waals surface area (Å²) in [4.78, 5) is 14.8. The van der Waals surface area contributed by atoms with Crippen LogP contribution in [0.2, 0.25) is 0 Å². The second-order valence-electron chi connectivity index (χ2n) is 2.74. The number of rotatable bonds is 3. The standard InChI is InChI=1S/C8H12N2OS/c1-3-5(2)8-10-6(4-12-8)7(9)11/h4-5H,3H2,1-2H3,(H2,9,11). The number of amides is 1. The molecule has 0 fully saturated rings. The van der Waals surface area contributed by atoms with Crippen LogP contribution in [-0.4, -0.2) is 10.9 Å². The monoisotopic (exact) mass is 184 g/mol. The summed E-state index contributed by atoms with van der Waals surface area (Å²) in [5, 5.41) is 2.70. The zero-order valence-corrected chi connectivity index (χ0v) is 8.02. The highest BCUT2D eigenvalue weighted by atomic mass is 32.1. The van der Waals surface area contributed by atoms with E-state index in [1.807, 2.05) is 0 Å². The summed E-state index contributed by atoms with van der Waals surface area (Å²) in [7, 11) is 0. The van der Waals surface area contributed by atoms with Gasteiger partial charge in [0.2, 0.25) is 0 Å². The highest BCUT2D eigenvalue weighted by molar-refractivity contribution is 7.09. The summed E-state index contributed by atoms with van der Waals surface area (Å²) in [6, 6.07) is 0. The normalized spacial score (nSPS) is 12.8. The SMILES string of the molecule is CCC(C)c1nc(C(N)=O)cs1. The highest BCUT2D eigenvalue weighted by Gasteiger charge is 2.10. The second kappa shape index (κ2) is 3.67. The van der Waals surface area contributed by atoms with Crippen molar-refractivity contribution < 1.29 is 4.79 Å². The van der Waals surface area contributed by atoms with Crippen molar-refractivity contribution in [1.82, 2.24) is 4.98 Å². The molecule has 0 aliphatic heterocycles. The van der Waals surface area contributed by atoms with Gasteiger partial charge in [-0.1, -0.05) is 13.8 Å². The topological polar surface area (TPSA) is 56.0 Å². The van der Waals surface area contributed by atoms with E-state index in [1.54, 1.807) is 5.38 Å². The minimum atomic E-state index is -0.444. The first-order valence-electron chi connectivity index (χ1n) is 3.90. The third-order valence-electron chi connectivity index (χ3n) is 1.81. The lowest BCUT2D eigenvalue weighted by Gasteiger charge is -2.01. The maximum atomic E-state index is 10.7. The van der Waals surface area contributed by atoms with Gasteiger partial charge in [0.15, 0.2) is 0 Å². The number of hydrogen-bond donors (Lipinski definition) is 1. The number of carbonyl (C=O) groups is 1. The van der Waals surface area contributed by atoms with Gasteiger partial charge in [-0.05, 0) is 6.42 Å². The van der Waals surface area contributed by atoms with Crippen LogP contribution in [0, 0.1) is 0 Å². The van der Waals surface area contributed by atoms with Crippen molar-refractivity contribution >= 4 is 17.2 Å². The van der Waals surface area contributed by atoms with Gasteiger partial charge in [-0.2, -0.15) is 0 Å². The summed E-state index contributed by atoms with van der Waals surface area (Å²) in [6.07, 6.45) is 1.03. The van der Waals surface area contributed by atoms with Crippen LogP contribution in [0.1, 0.15) is 41.7 Å². The van der Waals surface area contributed by atoms with Crippen molar-refractivity contribution in [1.29, 1.82) is 0 Å². The third-order valence-corrected chi connectivity index (χ3v) is 2.88. The Bertz CT molecular complexity index is 282. The number of nitrogens with two attached hydrogens (primary N) is 1. The number of primary amides is 1. The average Bonchev–Trinajstić information content (AvgIpc) is 2.51. The van der Waals surface area contributed by atoms with Crippen molar-refractivity contribution in [3.8, 4) is 0 Å². The van der Waals surface area contributed by atoms with E-state index < -0.39 is 5.91 Å². The van der Waals surface area contributed by atoms with Gasteiger partial charge in [0.1, 0.15) is 5.69 Å². The molecule has 12 heavy (non-hydrogen) atoms. The molecule has 1 heterocycles. The molecular formula is C8H12N2OS. The minimum absolute atomic E-state index is 0.385. The van der Waals surface area contributed by atoms with Crippen LogP contribution >= 0.6 is 11.3 Å². The largest absolute Gasteiger partial charge is 0.364 e. The zero-order chi connectivity index (χ0) is 9.14. The van der Waals surface area contributed by atoms with E-state index in [2.05, 4.69) is 18.8 Å². The molecule has 2 N–H and O–H groups in total. The molecule has 1 rings (SSSR count). The Morgan fingerprint density at radius 2 is 2.50 bits per heavy atom. The Hall–Kier alpha value is -0.900. The smallest absolute Gasteiger partial charge is 0.268 e. The summed E-state index contributed by atoms with van der Waals surface area (Å²) >= 11 is 1.50. The molecule has 0 saturated carbocycles. The predicted octanol–water partition coefficient (Wildman–Crippen LogP) is 1.76. The number of hydrogen-bond acceptors (Lipinski definition) is 3. The Morgan fingerprint density at radius 1 is 1.83 bits per heavy atom. The predicted molar refractivity (Wildman–Crippen MR) is 49.3 cm³/mol. The van der Waals surface area contributed by atoms with Gasteiger partial charge in [-0.15, -0.1) is 11.3 Å². The summed E-state index contributed by atoms with van der Waals surface area (Å²) in [6.45, 7) is 4.18. The van der Waals surface area contributed by atoms with Gasteiger partial charge >= 0.3 is 0 Å². The lowest BCUT2D eigenvalue weighted by atomic mass is 10.1. The number of thiazole rings is 1. The molecule has 0 aromatic carbocycles. The molecule has 0 saturated heterocycles. The molecule has 1 amide bonds. The Kier molecular flexibility index (Phi) is 2.81. The van der Waals surface area contributed by atoms with Crippen LogP contribution in [0.3, 0.4) is 0 Å². The van der Waals surface area contributed by atoms with Gasteiger partial charge in [0.25, 0.3) is 5.91 Å². The minimum Gasteiger partial charge on any atom is -0.364 e. The van der Waals surface area contributed by atoms with Crippen molar-refractivity contribution in [2.24, 2.45) is 5.73 Å². The Labute approximate surface area is 75.6 Å². The molecule has 0 spiro atoms. The summed E-state index contributed by atoms with van der Waals surface area (Å²) in [5.74, 6) is -0.0242. The van der Waals surface area contributed by atoms with Gasteiger partial charge in [-0.25, -0.2) is 4.98 Å². The maximum Gasteiger partial charge on any atom is 0.268 e. The lowest BCUT2D eigenvalue weighted by molar-refractivity contribution is 0.0996. The van der Waals surface area contributed by atoms with E-state index in [-0.39, 0.29) is 0 Å². The molecule has 1 aromatic rings. The lowest BCUT2D eigenvalue weighted by Crippen LogP contribution is -2.11. The second-order valence-corrected chi connectivity index (χ2v) is 3.63. The molecule has 1 unspecified atom stereocenters. The fraction of sp³-hybridized carbons (Fsp3) is 0.500. The average molecular weight is 184 g/mol. The zero-order valence-electron chi connectivity index (χ0n) is 7.20. The molecule has 1 atom stereocenters. The van der Waals surface area contributed by atoms with Crippen molar-refractivity contribution in [3.63, 3.8) is 0 Å². The van der Waals surface area contributed by atoms with Crippen LogP contribution in [0.5, 0.6) is 0 Å². The molecule has 4 heteroatoms. The van der Waals surface area contributed by atoms with Crippen molar-refractivity contribution in [2.75, 3.05) is 0 Å². The van der Waals surface area contributed by atoms with Crippen LogP contribution in [0.4, 0.5) is 0 Å². The van der Waals surface area contributed by atoms with Gasteiger partial charge in [-0.3, -0.25) is 4.79 Å². The van der Waals surface area contributed by atoms with E-state index >= 15 is 0 Å². The van der Waals surface area contributed by atoms with Crippen LogP contribution in [-0.2, 0) is 0 Å². The van der Waals surface area contributed by atoms with Gasteiger partial charge < -0.3 is 5.73 Å². The molecule has 0 radical (unpaired) electrons. The van der Waals surface area contributed by atoms with Crippen LogP contribution in [0.25, 0.3) is 0 Å². The van der Waals surface area contributed by atoms with E-state index in [0.29, 0.717) is 11.6 Å². The number of carbonyl (C=O) groups excluding carboxylic acids is 1. The first-order chi connectivity index (χ1) is 5.65. The van der Waals surface area contributed by atoms with Crippen molar-refractivity contribution in [3.05, 3.63) is 16.1 Å². The van der Waals surface area contributed by atoms with E-state index in [0.717, 1.165) is 11.4 Å². The molecule has 3 nitrogen and oxygen atoms in total. The molecular weight excluding hydrogens is 172 g/mol. The fourth-order valence-electron chi connectivity index (χ4n) is 0.802. The quantitative estimate of drug-likeness (QED) is 0.778. The Balaban J connectivity index is 2.84.